The van der Waals surface area contributed by atoms with Crippen molar-refractivity contribution in [2.75, 3.05) is 45.7 Å². The Morgan fingerprint density at radius 3 is 2.55 bits per heavy atom. The summed E-state index contributed by atoms with van der Waals surface area (Å²) in [4.78, 5) is 29.5. The molecule has 1 aromatic carbocycles. The number of hydrogen-bond donors (Lipinski definition) is 1. The van der Waals surface area contributed by atoms with Crippen molar-refractivity contribution < 1.29 is 14.3 Å². The minimum atomic E-state index is -0.272. The largest absolute Gasteiger partial charge is 0.378 e. The van der Waals surface area contributed by atoms with Crippen LogP contribution < -0.4 is 10.2 Å². The van der Waals surface area contributed by atoms with Crippen molar-refractivity contribution >= 4 is 18.0 Å². The summed E-state index contributed by atoms with van der Waals surface area (Å²) in [5.74, 6) is 3.49. The topological polar surface area (TPSA) is 65.1 Å². The molecule has 11 atom stereocenters. The zero-order valence-electron chi connectivity index (χ0n) is 32.8. The number of hydrogen-bond acceptors (Lipinski definition) is 5. The minimum Gasteiger partial charge on any atom is -0.378 e. The van der Waals surface area contributed by atoms with Crippen molar-refractivity contribution in [3.05, 3.63) is 54.3 Å². The van der Waals surface area contributed by atoms with E-state index >= 15 is 0 Å². The number of fused-ring (bicyclic) bond motifs is 5. The van der Waals surface area contributed by atoms with Gasteiger partial charge in [0.05, 0.1) is 11.7 Å². The predicted octanol–water partition coefficient (Wildman–Crippen LogP) is 7.68. The highest BCUT2D eigenvalue weighted by atomic mass is 16.5. The smallest absolute Gasteiger partial charge is 0.267 e. The molecule has 0 radical (unpaired) electrons. The SMILES string of the molecule is C=C(C(=O)NCCN1CC(C)CC2OC3(CCC4C5CCC6=CCCCC6(C)C5CC45CC5(C)C3)[C@H](C)C21)N(C)C=O.CN(C)c1ccccc1. The molecule has 51 heavy (non-hydrogen) atoms. The maximum absolute atomic E-state index is 12.5. The molecule has 280 valence electrons. The molecular weight excluding hydrogens is 633 g/mol. The summed E-state index contributed by atoms with van der Waals surface area (Å²) in [5.41, 5.74) is 4.67. The average Bonchev–Trinajstić information content (AvgIpc) is 3.42. The first-order valence-electron chi connectivity index (χ1n) is 20.3. The fourth-order valence-electron chi connectivity index (χ4n) is 13.1. The molecular formula is C44H66N4O3. The van der Waals surface area contributed by atoms with E-state index in [9.17, 15) is 9.59 Å². The van der Waals surface area contributed by atoms with Gasteiger partial charge in [0, 0.05) is 58.4 Å². The van der Waals surface area contributed by atoms with Gasteiger partial charge in [-0.05, 0) is 123 Å². The van der Waals surface area contributed by atoms with Crippen LogP contribution in [0, 0.1) is 45.8 Å². The number of rotatable bonds is 7. The number of likely N-dealkylation sites (tertiary alicyclic amines) is 1. The summed E-state index contributed by atoms with van der Waals surface area (Å²) in [6, 6.07) is 10.7. The minimum absolute atomic E-state index is 0.0194. The number of para-hydroxylation sites is 1. The lowest BCUT2D eigenvalue weighted by molar-refractivity contribution is -0.123. The van der Waals surface area contributed by atoms with E-state index in [0.29, 0.717) is 47.1 Å². The number of likely N-dealkylation sites (N-methyl/N-ethyl adjacent to an activating group) is 1. The third-order valence-corrected chi connectivity index (χ3v) is 15.8. The van der Waals surface area contributed by atoms with Gasteiger partial charge in [0.1, 0.15) is 5.70 Å². The summed E-state index contributed by atoms with van der Waals surface area (Å²) in [6.45, 7) is 16.3. The Bertz CT molecular complexity index is 1510. The number of ether oxygens (including phenoxy) is 1. The van der Waals surface area contributed by atoms with Crippen LogP contribution in [-0.4, -0.2) is 80.6 Å². The van der Waals surface area contributed by atoms with Crippen LogP contribution in [0.3, 0.4) is 0 Å². The van der Waals surface area contributed by atoms with Crippen LogP contribution >= 0.6 is 0 Å². The van der Waals surface area contributed by atoms with Crippen LogP contribution in [0.1, 0.15) is 98.3 Å². The fourth-order valence-corrected chi connectivity index (χ4v) is 13.1. The van der Waals surface area contributed by atoms with Gasteiger partial charge in [-0.2, -0.15) is 0 Å². The molecule has 4 saturated carbocycles. The van der Waals surface area contributed by atoms with Crippen LogP contribution in [0.5, 0.6) is 0 Å². The lowest BCUT2D eigenvalue weighted by Crippen LogP contribution is -2.53. The molecule has 5 aliphatic carbocycles. The van der Waals surface area contributed by atoms with Gasteiger partial charge in [-0.3, -0.25) is 14.5 Å². The zero-order chi connectivity index (χ0) is 36.3. The van der Waals surface area contributed by atoms with Gasteiger partial charge in [0.2, 0.25) is 6.41 Å². The molecule has 8 rings (SSSR count). The predicted molar refractivity (Wildman–Crippen MR) is 206 cm³/mol. The average molecular weight is 699 g/mol. The standard InChI is InChI=1S/C36H55N3O3.C8H11N/c1-23-17-30-31(39(19-23)16-15-37-32(41)25(3)38(6)22-40)24(2)36(42-30)14-12-28-27-11-10-26-9-7-8-13-34(26,5)29(27)18-35(28)20-33(35,4)21-36;1-9(2)8-6-4-3-5-7-8/h9,22-24,27-31H,3,7-8,10-21H2,1-2,4-6H3,(H,37,41);3-7H,1-2H3/t23?,24-,27?,28?,29?,30?,31?,33?,34?,35?,36?;/m1./s1. The number of nitrogens with one attached hydrogen (secondary N) is 1. The maximum atomic E-state index is 12.5. The number of piperidine rings is 1. The number of carbonyl (C=O) groups is 2. The van der Waals surface area contributed by atoms with Crippen molar-refractivity contribution in [2.45, 2.75) is 116 Å². The summed E-state index contributed by atoms with van der Waals surface area (Å²) in [6.07, 6.45) is 18.3. The Morgan fingerprint density at radius 1 is 1.08 bits per heavy atom. The second-order valence-electron chi connectivity index (χ2n) is 18.8. The van der Waals surface area contributed by atoms with Gasteiger partial charge in [-0.25, -0.2) is 0 Å². The summed E-state index contributed by atoms with van der Waals surface area (Å²) >= 11 is 0. The Balaban J connectivity index is 0.000000395. The van der Waals surface area contributed by atoms with E-state index in [4.69, 9.17) is 4.74 Å². The molecule has 1 aromatic rings. The number of benzene rings is 1. The number of nitrogens with zero attached hydrogens (tertiary/aromatic N) is 3. The lowest BCUT2D eigenvalue weighted by atomic mass is 9.56. The molecule has 7 aliphatic rings. The molecule has 2 aliphatic heterocycles. The maximum Gasteiger partial charge on any atom is 0.267 e. The van der Waals surface area contributed by atoms with Crippen LogP contribution in [-0.2, 0) is 14.3 Å². The van der Waals surface area contributed by atoms with Crippen molar-refractivity contribution in [2.24, 2.45) is 45.8 Å². The van der Waals surface area contributed by atoms with E-state index < -0.39 is 0 Å². The summed E-state index contributed by atoms with van der Waals surface area (Å²) in [5, 5.41) is 3.01. The van der Waals surface area contributed by atoms with Crippen LogP contribution in [0.2, 0.25) is 0 Å². The molecule has 2 heterocycles. The number of amides is 2. The number of carbonyl (C=O) groups excluding carboxylic acids is 2. The highest BCUT2D eigenvalue weighted by Gasteiger charge is 2.77. The zero-order valence-corrected chi connectivity index (χ0v) is 32.8. The van der Waals surface area contributed by atoms with E-state index in [1.165, 1.54) is 74.8 Å². The van der Waals surface area contributed by atoms with Crippen LogP contribution in [0.15, 0.2) is 54.3 Å². The lowest BCUT2D eigenvalue weighted by Gasteiger charge is -2.49. The molecule has 7 nitrogen and oxygen atoms in total. The highest BCUT2D eigenvalue weighted by Crippen LogP contribution is 2.83. The quantitative estimate of drug-likeness (QED) is 0.180. The molecule has 1 N–H and O–H groups in total. The van der Waals surface area contributed by atoms with Crippen molar-refractivity contribution in [3.63, 3.8) is 0 Å². The van der Waals surface area contributed by atoms with Crippen molar-refractivity contribution in [1.82, 2.24) is 15.1 Å². The van der Waals surface area contributed by atoms with E-state index in [1.54, 1.807) is 7.05 Å². The molecule has 2 amide bonds. The Kier molecular flexibility index (Phi) is 9.82. The fraction of sp³-hybridized carbons (Fsp3) is 0.727. The van der Waals surface area contributed by atoms with Gasteiger partial charge < -0.3 is 19.9 Å². The Labute approximate surface area is 308 Å². The third-order valence-electron chi connectivity index (χ3n) is 15.8. The molecule has 2 saturated heterocycles. The van der Waals surface area contributed by atoms with Gasteiger partial charge in [-0.15, -0.1) is 0 Å². The molecule has 0 bridgehead atoms. The third kappa shape index (κ3) is 6.20. The van der Waals surface area contributed by atoms with Crippen molar-refractivity contribution in [3.8, 4) is 0 Å². The van der Waals surface area contributed by atoms with Gasteiger partial charge >= 0.3 is 0 Å². The van der Waals surface area contributed by atoms with Crippen LogP contribution in [0.4, 0.5) is 5.69 Å². The highest BCUT2D eigenvalue weighted by molar-refractivity contribution is 5.94. The first-order valence-corrected chi connectivity index (χ1v) is 20.3. The van der Waals surface area contributed by atoms with Gasteiger partial charge in [0.25, 0.3) is 5.91 Å². The Morgan fingerprint density at radius 2 is 1.84 bits per heavy atom. The first kappa shape index (κ1) is 36.7. The number of allylic oxidation sites excluding steroid dienone is 2. The first-order chi connectivity index (χ1) is 24.3. The second kappa shape index (κ2) is 13.6. The van der Waals surface area contributed by atoms with Crippen molar-refractivity contribution in [1.29, 1.82) is 0 Å². The molecule has 10 unspecified atom stereocenters. The Hall–Kier alpha value is -2.64. The van der Waals surface area contributed by atoms with Crippen LogP contribution in [0.25, 0.3) is 0 Å². The molecule has 6 fully saturated rings. The van der Waals surface area contributed by atoms with Gasteiger partial charge in [0.15, 0.2) is 0 Å². The van der Waals surface area contributed by atoms with E-state index in [-0.39, 0.29) is 23.3 Å². The molecule has 0 aromatic heterocycles. The van der Waals surface area contributed by atoms with Gasteiger partial charge in [-0.1, -0.05) is 64.1 Å². The van der Waals surface area contributed by atoms with E-state index in [2.05, 4.69) is 67.6 Å². The normalized spacial score (nSPS) is 41.9. The monoisotopic (exact) mass is 699 g/mol. The summed E-state index contributed by atoms with van der Waals surface area (Å²) < 4.78 is 7.37. The second-order valence-corrected chi connectivity index (χ2v) is 18.8. The summed E-state index contributed by atoms with van der Waals surface area (Å²) in [7, 11) is 5.64. The number of anilines is 1. The molecule has 2 spiro atoms. The molecule has 7 heteroatoms. The van der Waals surface area contributed by atoms with E-state index in [0.717, 1.165) is 37.3 Å². The van der Waals surface area contributed by atoms with E-state index in [1.807, 2.05) is 37.9 Å².